The number of urea groups is 1. The summed E-state index contributed by atoms with van der Waals surface area (Å²) in [6.07, 6.45) is 12.3. The lowest BCUT2D eigenvalue weighted by atomic mass is 9.78. The van der Waals surface area contributed by atoms with Crippen LogP contribution in [0.25, 0.3) is 0 Å². The molecule has 1 aliphatic rings. The molecule has 1 rings (SSSR count). The lowest BCUT2D eigenvalue weighted by molar-refractivity contribution is -0.140. The number of carboxylic acid groups (broad SMARTS) is 1. The van der Waals surface area contributed by atoms with Crippen LogP contribution in [-0.4, -0.2) is 41.1 Å². The summed E-state index contributed by atoms with van der Waals surface area (Å²) in [5, 5.41) is 12.0. The van der Waals surface area contributed by atoms with Gasteiger partial charge in [0.05, 0.1) is 12.0 Å². The van der Waals surface area contributed by atoms with Crippen molar-refractivity contribution in [1.82, 2.24) is 10.2 Å². The van der Waals surface area contributed by atoms with Gasteiger partial charge in [-0.1, -0.05) is 19.3 Å². The molecule has 0 aromatic rings. The summed E-state index contributed by atoms with van der Waals surface area (Å²) in [5.74, 6) is 1.73. The van der Waals surface area contributed by atoms with Crippen LogP contribution < -0.4 is 5.32 Å². The van der Waals surface area contributed by atoms with Crippen molar-refractivity contribution in [1.29, 1.82) is 0 Å². The molecule has 2 amide bonds. The van der Waals surface area contributed by atoms with Gasteiger partial charge in [-0.25, -0.2) is 4.79 Å². The van der Waals surface area contributed by atoms with Crippen molar-refractivity contribution in [2.45, 2.75) is 63.3 Å². The molecule has 0 aromatic carbocycles. The Hall–Kier alpha value is -1.70. The summed E-state index contributed by atoms with van der Waals surface area (Å²) in [7, 11) is 1.71. The second kappa shape index (κ2) is 8.56. The molecule has 0 radical (unpaired) electrons. The maximum Gasteiger partial charge on any atom is 0.317 e. The first-order chi connectivity index (χ1) is 10.0. The second-order valence-corrected chi connectivity index (χ2v) is 5.81. The van der Waals surface area contributed by atoms with E-state index in [-0.39, 0.29) is 12.5 Å². The topological polar surface area (TPSA) is 69.6 Å². The Morgan fingerprint density at radius 1 is 1.29 bits per heavy atom. The lowest BCUT2D eigenvalue weighted by Gasteiger charge is -2.43. The van der Waals surface area contributed by atoms with Gasteiger partial charge >= 0.3 is 12.0 Å². The first kappa shape index (κ1) is 17.4. The smallest absolute Gasteiger partial charge is 0.317 e. The zero-order valence-electron chi connectivity index (χ0n) is 12.9. The number of nitrogens with one attached hydrogen (secondary N) is 1. The minimum Gasteiger partial charge on any atom is -0.481 e. The molecule has 1 saturated carbocycles. The summed E-state index contributed by atoms with van der Waals surface area (Å²) in [6, 6.07) is -0.182. The molecule has 118 valence electrons. The molecule has 5 nitrogen and oxygen atoms in total. The molecule has 1 aliphatic carbocycles. The Morgan fingerprint density at radius 2 is 1.95 bits per heavy atom. The van der Waals surface area contributed by atoms with E-state index in [2.05, 4.69) is 11.2 Å². The molecular formula is C16H26N2O3. The summed E-state index contributed by atoms with van der Waals surface area (Å²) in [6.45, 7) is 0.577. The molecule has 0 atom stereocenters. The van der Waals surface area contributed by atoms with Crippen molar-refractivity contribution < 1.29 is 14.7 Å². The molecule has 2 N–H and O–H groups in total. The highest BCUT2D eigenvalue weighted by molar-refractivity contribution is 5.76. The largest absolute Gasteiger partial charge is 0.481 e. The van der Waals surface area contributed by atoms with Crippen LogP contribution >= 0.6 is 0 Å². The summed E-state index contributed by atoms with van der Waals surface area (Å²) in [4.78, 5) is 25.0. The quantitative estimate of drug-likeness (QED) is 0.560. The van der Waals surface area contributed by atoms with E-state index in [0.717, 1.165) is 44.9 Å². The Balaban J connectivity index is 2.54. The number of terminal acetylenes is 1. The number of carboxylic acids is 1. The average molecular weight is 294 g/mol. The van der Waals surface area contributed by atoms with Crippen molar-refractivity contribution in [3.63, 3.8) is 0 Å². The second-order valence-electron chi connectivity index (χ2n) is 5.81. The van der Waals surface area contributed by atoms with Crippen molar-refractivity contribution in [3.05, 3.63) is 0 Å². The molecular weight excluding hydrogens is 268 g/mol. The van der Waals surface area contributed by atoms with Gasteiger partial charge in [0.15, 0.2) is 0 Å². The number of amides is 2. The Kier molecular flexibility index (Phi) is 7.07. The van der Waals surface area contributed by atoms with Crippen LogP contribution in [-0.2, 0) is 4.79 Å². The van der Waals surface area contributed by atoms with E-state index in [9.17, 15) is 9.59 Å². The number of hydrogen-bond acceptors (Lipinski definition) is 2. The fourth-order valence-electron chi connectivity index (χ4n) is 3.00. The molecule has 0 unspecified atom stereocenters. The van der Waals surface area contributed by atoms with Crippen LogP contribution in [0.5, 0.6) is 0 Å². The van der Waals surface area contributed by atoms with E-state index in [1.165, 1.54) is 0 Å². The van der Waals surface area contributed by atoms with Gasteiger partial charge in [-0.3, -0.25) is 4.79 Å². The molecule has 0 bridgehead atoms. The molecule has 0 aliphatic heterocycles. The van der Waals surface area contributed by atoms with Gasteiger partial charge in [-0.2, -0.15) is 0 Å². The first-order valence-corrected chi connectivity index (χ1v) is 7.69. The van der Waals surface area contributed by atoms with Crippen LogP contribution in [0.3, 0.4) is 0 Å². The summed E-state index contributed by atoms with van der Waals surface area (Å²) in [5.41, 5.74) is -0.535. The number of aliphatic carboxylic acids is 1. The lowest BCUT2D eigenvalue weighted by Crippen LogP contribution is -2.55. The number of hydrogen-bond donors (Lipinski definition) is 2. The standard InChI is InChI=1S/C16H26N2O3/c1-3-4-5-9-12-17-15(21)18(2)16(13-14(19)20)10-7-6-8-11-16/h1H,4-13H2,2H3,(H,17,21)(H,19,20). The normalized spacial score (nSPS) is 16.8. The molecule has 5 heteroatoms. The number of unbranched alkanes of at least 4 members (excludes halogenated alkanes) is 2. The Bertz CT molecular complexity index is 395. The average Bonchev–Trinajstić information content (AvgIpc) is 2.46. The maximum atomic E-state index is 12.2. The van der Waals surface area contributed by atoms with Gasteiger partial charge in [-0.15, -0.1) is 12.3 Å². The summed E-state index contributed by atoms with van der Waals surface area (Å²) >= 11 is 0. The number of carbonyl (C=O) groups is 2. The van der Waals surface area contributed by atoms with E-state index < -0.39 is 11.5 Å². The molecule has 1 fully saturated rings. The fourth-order valence-corrected chi connectivity index (χ4v) is 3.00. The zero-order chi connectivity index (χ0) is 15.7. The predicted octanol–water partition coefficient (Wildman–Crippen LogP) is 2.61. The van der Waals surface area contributed by atoms with E-state index in [4.69, 9.17) is 11.5 Å². The molecule has 0 saturated heterocycles. The Morgan fingerprint density at radius 3 is 2.52 bits per heavy atom. The van der Waals surface area contributed by atoms with E-state index in [0.29, 0.717) is 13.0 Å². The first-order valence-electron chi connectivity index (χ1n) is 7.69. The van der Waals surface area contributed by atoms with Crippen LogP contribution in [0.1, 0.15) is 57.8 Å². The highest BCUT2D eigenvalue weighted by atomic mass is 16.4. The van der Waals surface area contributed by atoms with Crippen molar-refractivity contribution in [3.8, 4) is 12.3 Å². The van der Waals surface area contributed by atoms with Gasteiger partial charge in [0.25, 0.3) is 0 Å². The molecule has 21 heavy (non-hydrogen) atoms. The van der Waals surface area contributed by atoms with Gasteiger partial charge in [0.1, 0.15) is 0 Å². The van der Waals surface area contributed by atoms with Crippen LogP contribution in [0.4, 0.5) is 4.79 Å². The minimum atomic E-state index is -0.842. The fraction of sp³-hybridized carbons (Fsp3) is 0.750. The van der Waals surface area contributed by atoms with Gasteiger partial charge in [0, 0.05) is 20.0 Å². The van der Waals surface area contributed by atoms with E-state index in [1.54, 1.807) is 11.9 Å². The van der Waals surface area contributed by atoms with E-state index in [1.807, 2.05) is 0 Å². The highest BCUT2D eigenvalue weighted by Gasteiger charge is 2.40. The van der Waals surface area contributed by atoms with Crippen LogP contribution in [0.2, 0.25) is 0 Å². The van der Waals surface area contributed by atoms with Crippen molar-refractivity contribution >= 4 is 12.0 Å². The molecule has 0 heterocycles. The Labute approximate surface area is 127 Å². The zero-order valence-corrected chi connectivity index (χ0v) is 12.9. The monoisotopic (exact) mass is 294 g/mol. The van der Waals surface area contributed by atoms with E-state index >= 15 is 0 Å². The van der Waals surface area contributed by atoms with Crippen molar-refractivity contribution in [2.75, 3.05) is 13.6 Å². The minimum absolute atomic E-state index is 0.0218. The van der Waals surface area contributed by atoms with Crippen molar-refractivity contribution in [2.24, 2.45) is 0 Å². The molecule has 0 spiro atoms. The van der Waals surface area contributed by atoms with Crippen LogP contribution in [0.15, 0.2) is 0 Å². The summed E-state index contributed by atoms with van der Waals surface area (Å²) < 4.78 is 0. The van der Waals surface area contributed by atoms with Gasteiger partial charge < -0.3 is 15.3 Å². The third-order valence-electron chi connectivity index (χ3n) is 4.30. The number of rotatable bonds is 7. The predicted molar refractivity (Wildman–Crippen MR) is 81.9 cm³/mol. The third kappa shape index (κ3) is 5.30. The SMILES string of the molecule is C#CCCCCNC(=O)N(C)C1(CC(=O)O)CCCCC1. The number of nitrogens with zero attached hydrogens (tertiary/aromatic N) is 1. The van der Waals surface area contributed by atoms with Gasteiger partial charge in [0.2, 0.25) is 0 Å². The number of carbonyl (C=O) groups excluding carboxylic acids is 1. The third-order valence-corrected chi connectivity index (χ3v) is 4.30. The molecule has 0 aromatic heterocycles. The van der Waals surface area contributed by atoms with Gasteiger partial charge in [-0.05, 0) is 25.7 Å². The van der Waals surface area contributed by atoms with Crippen LogP contribution in [0, 0.1) is 12.3 Å². The maximum absolute atomic E-state index is 12.2. The highest BCUT2D eigenvalue weighted by Crippen LogP contribution is 2.35.